The van der Waals surface area contributed by atoms with E-state index in [0.29, 0.717) is 25.3 Å². The van der Waals surface area contributed by atoms with Crippen LogP contribution in [0.3, 0.4) is 0 Å². The third kappa shape index (κ3) is 3.02. The summed E-state index contributed by atoms with van der Waals surface area (Å²) in [6.45, 7) is 3.11. The molecule has 0 unspecified atom stereocenters. The number of aromatic hydroxyl groups is 1. The third-order valence-corrected chi connectivity index (χ3v) is 4.90. The van der Waals surface area contributed by atoms with Gasteiger partial charge in [-0.15, -0.1) is 0 Å². The van der Waals surface area contributed by atoms with Gasteiger partial charge in [-0.1, -0.05) is 0 Å². The number of carbonyl (C=O) groups excluding carboxylic acids is 2. The van der Waals surface area contributed by atoms with Crippen molar-refractivity contribution in [2.45, 2.75) is 32.4 Å². The van der Waals surface area contributed by atoms with Crippen LogP contribution in [0.2, 0.25) is 0 Å². The molecule has 0 aromatic carbocycles. The maximum Gasteiger partial charge on any atom is 0.276 e. The Hall–Kier alpha value is -2.90. The fraction of sp³-hybridized carbons (Fsp3) is 0.444. The minimum atomic E-state index is -0.315. The maximum atomic E-state index is 12.7. The van der Waals surface area contributed by atoms with Crippen LogP contribution in [0, 0.1) is 0 Å². The highest BCUT2D eigenvalue weighted by Crippen LogP contribution is 2.21. The number of aryl methyl sites for hydroxylation is 1. The van der Waals surface area contributed by atoms with Gasteiger partial charge in [-0.25, -0.2) is 4.98 Å². The molecule has 2 aromatic rings. The van der Waals surface area contributed by atoms with Crippen molar-refractivity contribution in [2.75, 3.05) is 19.6 Å². The molecule has 136 valence electrons. The summed E-state index contributed by atoms with van der Waals surface area (Å²) in [5.74, 6) is -0.478. The summed E-state index contributed by atoms with van der Waals surface area (Å²) < 4.78 is 1.81. The molecule has 8 nitrogen and oxygen atoms in total. The number of likely N-dealkylation sites (tertiary alicyclic amines) is 1. The van der Waals surface area contributed by atoms with Crippen LogP contribution in [-0.4, -0.2) is 61.1 Å². The van der Waals surface area contributed by atoms with Crippen molar-refractivity contribution in [1.29, 1.82) is 0 Å². The zero-order valence-electron chi connectivity index (χ0n) is 14.5. The summed E-state index contributed by atoms with van der Waals surface area (Å²) in [4.78, 5) is 32.8. The van der Waals surface area contributed by atoms with E-state index in [2.05, 4.69) is 10.1 Å². The first-order valence-corrected chi connectivity index (χ1v) is 8.93. The van der Waals surface area contributed by atoms with Gasteiger partial charge in [0.2, 0.25) is 0 Å². The molecule has 0 aliphatic carbocycles. The van der Waals surface area contributed by atoms with Gasteiger partial charge in [0.05, 0.1) is 12.2 Å². The number of fused-ring (bicyclic) bond motifs is 1. The van der Waals surface area contributed by atoms with Gasteiger partial charge < -0.3 is 14.9 Å². The number of amides is 2. The van der Waals surface area contributed by atoms with Crippen molar-refractivity contribution in [3.8, 4) is 5.75 Å². The predicted octanol–water partition coefficient (Wildman–Crippen LogP) is 1.27. The van der Waals surface area contributed by atoms with Crippen molar-refractivity contribution in [3.63, 3.8) is 0 Å². The van der Waals surface area contributed by atoms with Crippen LogP contribution in [0.15, 0.2) is 24.4 Å². The van der Waals surface area contributed by atoms with E-state index in [0.717, 1.165) is 38.0 Å². The lowest BCUT2D eigenvalue weighted by Gasteiger charge is -2.19. The lowest BCUT2D eigenvalue weighted by atomic mass is 10.2. The predicted molar refractivity (Wildman–Crippen MR) is 92.6 cm³/mol. The molecule has 4 rings (SSSR count). The van der Waals surface area contributed by atoms with Gasteiger partial charge in [0, 0.05) is 32.4 Å². The molecule has 2 aliphatic heterocycles. The average Bonchev–Trinajstić information content (AvgIpc) is 3.27. The summed E-state index contributed by atoms with van der Waals surface area (Å²) in [6.07, 6.45) is 4.29. The van der Waals surface area contributed by atoms with Gasteiger partial charge in [0.1, 0.15) is 5.75 Å². The molecule has 4 heterocycles. The molecule has 2 aromatic heterocycles. The molecular formula is C18H21N5O3. The van der Waals surface area contributed by atoms with E-state index in [9.17, 15) is 14.7 Å². The Kier molecular flexibility index (Phi) is 4.32. The Balaban J connectivity index is 1.55. The molecule has 1 fully saturated rings. The highest BCUT2D eigenvalue weighted by atomic mass is 16.3. The minimum Gasteiger partial charge on any atom is -0.505 e. The Morgan fingerprint density at radius 2 is 1.77 bits per heavy atom. The first-order valence-electron chi connectivity index (χ1n) is 8.93. The molecule has 2 amide bonds. The van der Waals surface area contributed by atoms with Crippen molar-refractivity contribution < 1.29 is 14.7 Å². The fourth-order valence-corrected chi connectivity index (χ4v) is 3.53. The molecule has 0 spiro atoms. The van der Waals surface area contributed by atoms with E-state index in [1.165, 1.54) is 12.3 Å². The van der Waals surface area contributed by atoms with E-state index < -0.39 is 0 Å². The molecule has 0 radical (unpaired) electrons. The SMILES string of the molecule is O=C(c1cc2n(n1)CCCN(C(=O)c1ncccc1O)C2)N1CCCC1. The van der Waals surface area contributed by atoms with Gasteiger partial charge in [-0.2, -0.15) is 5.10 Å². The first-order chi connectivity index (χ1) is 12.6. The smallest absolute Gasteiger partial charge is 0.276 e. The number of hydrogen-bond donors (Lipinski definition) is 1. The van der Waals surface area contributed by atoms with Crippen molar-refractivity contribution >= 4 is 11.8 Å². The Morgan fingerprint density at radius 3 is 2.54 bits per heavy atom. The van der Waals surface area contributed by atoms with Gasteiger partial charge in [-0.05, 0) is 37.5 Å². The molecular weight excluding hydrogens is 334 g/mol. The zero-order chi connectivity index (χ0) is 18.1. The third-order valence-electron chi connectivity index (χ3n) is 4.90. The van der Waals surface area contributed by atoms with E-state index in [-0.39, 0.29) is 23.3 Å². The molecule has 1 N–H and O–H groups in total. The van der Waals surface area contributed by atoms with Crippen molar-refractivity contribution in [1.82, 2.24) is 24.6 Å². The first kappa shape index (κ1) is 16.6. The number of hydrogen-bond acceptors (Lipinski definition) is 5. The van der Waals surface area contributed by atoms with E-state index in [1.807, 2.05) is 9.58 Å². The van der Waals surface area contributed by atoms with E-state index in [1.54, 1.807) is 17.0 Å². The highest BCUT2D eigenvalue weighted by Gasteiger charge is 2.27. The normalized spacial score (nSPS) is 17.1. The summed E-state index contributed by atoms with van der Waals surface area (Å²) in [6, 6.07) is 4.82. The second kappa shape index (κ2) is 6.78. The highest BCUT2D eigenvalue weighted by molar-refractivity contribution is 5.95. The Labute approximate surface area is 151 Å². The van der Waals surface area contributed by atoms with Gasteiger partial charge in [0.25, 0.3) is 11.8 Å². The molecule has 0 saturated carbocycles. The number of pyridine rings is 1. The summed E-state index contributed by atoms with van der Waals surface area (Å²) in [5.41, 5.74) is 1.32. The van der Waals surface area contributed by atoms with Gasteiger partial charge >= 0.3 is 0 Å². The number of carbonyl (C=O) groups is 2. The van der Waals surface area contributed by atoms with Gasteiger partial charge in [-0.3, -0.25) is 14.3 Å². The second-order valence-corrected chi connectivity index (χ2v) is 6.69. The summed E-state index contributed by atoms with van der Waals surface area (Å²) in [7, 11) is 0. The van der Waals surface area contributed by atoms with Crippen LogP contribution in [0.25, 0.3) is 0 Å². The standard InChI is InChI=1S/C18H21N5O3/c24-15-5-3-6-19-16(15)18(26)22-9-4-10-23-13(12-22)11-14(20-23)17(25)21-7-1-2-8-21/h3,5-6,11,24H,1-2,4,7-10,12H2. The lowest BCUT2D eigenvalue weighted by Crippen LogP contribution is -2.31. The number of nitrogens with zero attached hydrogens (tertiary/aromatic N) is 5. The summed E-state index contributed by atoms with van der Waals surface area (Å²) >= 11 is 0. The van der Waals surface area contributed by atoms with Crippen LogP contribution >= 0.6 is 0 Å². The van der Waals surface area contributed by atoms with E-state index >= 15 is 0 Å². The molecule has 26 heavy (non-hydrogen) atoms. The zero-order valence-corrected chi connectivity index (χ0v) is 14.5. The summed E-state index contributed by atoms with van der Waals surface area (Å²) in [5, 5.41) is 14.4. The Morgan fingerprint density at radius 1 is 1.00 bits per heavy atom. The number of rotatable bonds is 2. The van der Waals surface area contributed by atoms with Crippen LogP contribution in [0.1, 0.15) is 45.9 Å². The van der Waals surface area contributed by atoms with Gasteiger partial charge in [0.15, 0.2) is 11.4 Å². The topological polar surface area (TPSA) is 91.6 Å². The molecule has 1 saturated heterocycles. The largest absolute Gasteiger partial charge is 0.505 e. The fourth-order valence-electron chi connectivity index (χ4n) is 3.53. The minimum absolute atomic E-state index is 0.0386. The average molecular weight is 355 g/mol. The van der Waals surface area contributed by atoms with Crippen LogP contribution in [0.5, 0.6) is 5.75 Å². The second-order valence-electron chi connectivity index (χ2n) is 6.69. The quantitative estimate of drug-likeness (QED) is 0.876. The molecule has 8 heteroatoms. The maximum absolute atomic E-state index is 12.7. The van der Waals surface area contributed by atoms with E-state index in [4.69, 9.17) is 0 Å². The molecule has 0 atom stereocenters. The van der Waals surface area contributed by atoms with Crippen LogP contribution < -0.4 is 0 Å². The monoisotopic (exact) mass is 355 g/mol. The van der Waals surface area contributed by atoms with Crippen LogP contribution in [0.4, 0.5) is 0 Å². The van der Waals surface area contributed by atoms with Crippen molar-refractivity contribution in [3.05, 3.63) is 41.5 Å². The van der Waals surface area contributed by atoms with Crippen LogP contribution in [-0.2, 0) is 13.1 Å². The van der Waals surface area contributed by atoms with Crippen molar-refractivity contribution in [2.24, 2.45) is 0 Å². The molecule has 0 bridgehead atoms. The Bertz CT molecular complexity index is 841. The number of aromatic nitrogens is 3. The molecule has 2 aliphatic rings. The lowest BCUT2D eigenvalue weighted by molar-refractivity contribution is 0.0736.